The van der Waals surface area contributed by atoms with Crippen molar-refractivity contribution in [3.63, 3.8) is 0 Å². The number of methoxy groups -OCH3 is 1. The van der Waals surface area contributed by atoms with Gasteiger partial charge in [0.2, 0.25) is 0 Å². The van der Waals surface area contributed by atoms with Gasteiger partial charge in [-0.15, -0.1) is 0 Å². The molecule has 1 heterocycles. The molecule has 0 radical (unpaired) electrons. The molecule has 0 unspecified atom stereocenters. The van der Waals surface area contributed by atoms with E-state index in [-0.39, 0.29) is 11.6 Å². The van der Waals surface area contributed by atoms with Crippen molar-refractivity contribution in [2.24, 2.45) is 0 Å². The summed E-state index contributed by atoms with van der Waals surface area (Å²) < 4.78 is 18.6. The molecule has 0 saturated carbocycles. The molecule has 1 fully saturated rings. The van der Waals surface area contributed by atoms with E-state index in [2.05, 4.69) is 9.80 Å². The molecule has 2 rings (SSSR count). The van der Waals surface area contributed by atoms with Gasteiger partial charge in [0.15, 0.2) is 11.6 Å². The predicted octanol–water partition coefficient (Wildman–Crippen LogP) is 1.73. The Morgan fingerprint density at radius 3 is 2.40 bits per heavy atom. The van der Waals surface area contributed by atoms with Gasteiger partial charge in [-0.1, -0.05) is 0 Å². The normalized spacial score (nSPS) is 17.4. The zero-order valence-corrected chi connectivity index (χ0v) is 12.4. The number of hydrogen-bond acceptors (Lipinski definition) is 4. The summed E-state index contributed by atoms with van der Waals surface area (Å²) in [7, 11) is 1.47. The Morgan fingerprint density at radius 2 is 1.90 bits per heavy atom. The molecule has 1 aliphatic heterocycles. The minimum atomic E-state index is -0.672. The lowest BCUT2D eigenvalue weighted by atomic mass is 10.1. The second-order valence-corrected chi connectivity index (χ2v) is 5.89. The highest BCUT2D eigenvalue weighted by Crippen LogP contribution is 2.24. The smallest absolute Gasteiger partial charge is 0.167 e. The highest BCUT2D eigenvalue weighted by Gasteiger charge is 2.23. The summed E-state index contributed by atoms with van der Waals surface area (Å²) in [6, 6.07) is 5.06. The van der Waals surface area contributed by atoms with Gasteiger partial charge in [-0.25, -0.2) is 4.39 Å². The highest BCUT2D eigenvalue weighted by molar-refractivity contribution is 5.50. The molecule has 0 atom stereocenters. The molecule has 0 amide bonds. The third kappa shape index (κ3) is 3.84. The number of halogens is 1. The Balaban J connectivity index is 1.95. The summed E-state index contributed by atoms with van der Waals surface area (Å²) in [5, 5.41) is 9.83. The zero-order chi connectivity index (χ0) is 14.8. The van der Waals surface area contributed by atoms with E-state index in [1.165, 1.54) is 13.2 Å². The lowest BCUT2D eigenvalue weighted by Crippen LogP contribution is -2.50. The van der Waals surface area contributed by atoms with Crippen LogP contribution >= 0.6 is 0 Å². The number of nitrogens with zero attached hydrogens (tertiary/aromatic N) is 2. The van der Waals surface area contributed by atoms with Gasteiger partial charge < -0.3 is 14.7 Å². The van der Waals surface area contributed by atoms with Crippen molar-refractivity contribution in [1.29, 1.82) is 0 Å². The van der Waals surface area contributed by atoms with Crippen molar-refractivity contribution in [1.82, 2.24) is 4.90 Å². The molecule has 0 aromatic heterocycles. The van der Waals surface area contributed by atoms with Crippen LogP contribution in [-0.4, -0.2) is 55.4 Å². The molecule has 4 nitrogen and oxygen atoms in total. The van der Waals surface area contributed by atoms with Crippen LogP contribution in [0.25, 0.3) is 0 Å². The number of rotatable bonds is 4. The van der Waals surface area contributed by atoms with Crippen LogP contribution in [0.5, 0.6) is 5.75 Å². The average Bonchev–Trinajstić information content (AvgIpc) is 2.37. The number of anilines is 1. The molecule has 1 aromatic carbocycles. The average molecular weight is 282 g/mol. The molecule has 0 bridgehead atoms. The van der Waals surface area contributed by atoms with Crippen molar-refractivity contribution in [3.05, 3.63) is 24.0 Å². The molecule has 112 valence electrons. The lowest BCUT2D eigenvalue weighted by Gasteiger charge is -2.38. The van der Waals surface area contributed by atoms with Gasteiger partial charge in [0.05, 0.1) is 12.7 Å². The van der Waals surface area contributed by atoms with Gasteiger partial charge in [-0.3, -0.25) is 4.90 Å². The molecule has 0 spiro atoms. The maximum atomic E-state index is 13.7. The van der Waals surface area contributed by atoms with Crippen molar-refractivity contribution in [2.45, 2.75) is 19.4 Å². The fourth-order valence-corrected chi connectivity index (χ4v) is 2.56. The lowest BCUT2D eigenvalue weighted by molar-refractivity contribution is 0.0345. The van der Waals surface area contributed by atoms with Crippen molar-refractivity contribution >= 4 is 5.69 Å². The number of ether oxygens (including phenoxy) is 1. The summed E-state index contributed by atoms with van der Waals surface area (Å²) in [6.45, 7) is 7.72. The van der Waals surface area contributed by atoms with E-state index in [0.717, 1.165) is 31.9 Å². The molecular formula is C15H23FN2O2. The predicted molar refractivity (Wildman–Crippen MR) is 77.9 cm³/mol. The first kappa shape index (κ1) is 15.1. The Bertz CT molecular complexity index is 452. The van der Waals surface area contributed by atoms with Gasteiger partial charge in [0.25, 0.3) is 0 Å². The number of benzene rings is 1. The summed E-state index contributed by atoms with van der Waals surface area (Å²) in [5.74, 6) is -0.0571. The van der Waals surface area contributed by atoms with Crippen molar-refractivity contribution in [3.8, 4) is 5.75 Å². The Labute approximate surface area is 119 Å². The third-order valence-electron chi connectivity index (χ3n) is 3.48. The van der Waals surface area contributed by atoms with Crippen LogP contribution in [-0.2, 0) is 0 Å². The third-order valence-corrected chi connectivity index (χ3v) is 3.48. The van der Waals surface area contributed by atoms with Gasteiger partial charge in [-0.05, 0) is 26.0 Å². The monoisotopic (exact) mass is 282 g/mol. The van der Waals surface area contributed by atoms with Crippen LogP contribution < -0.4 is 9.64 Å². The highest BCUT2D eigenvalue weighted by atomic mass is 19.1. The molecular weight excluding hydrogens is 259 g/mol. The molecule has 0 aliphatic carbocycles. The molecule has 1 aliphatic rings. The molecule has 1 aromatic rings. The van der Waals surface area contributed by atoms with E-state index >= 15 is 0 Å². The van der Waals surface area contributed by atoms with Gasteiger partial charge in [0.1, 0.15) is 0 Å². The Hall–Kier alpha value is -1.33. The number of β-amino-alcohol motifs (C(OH)–C–C–N with tert-alkyl or cyclic N) is 1. The van der Waals surface area contributed by atoms with Crippen LogP contribution in [0.1, 0.15) is 13.8 Å². The van der Waals surface area contributed by atoms with Crippen LogP contribution in [0.2, 0.25) is 0 Å². The summed E-state index contributed by atoms with van der Waals surface area (Å²) in [4.78, 5) is 4.39. The summed E-state index contributed by atoms with van der Waals surface area (Å²) >= 11 is 0. The van der Waals surface area contributed by atoms with E-state index in [1.807, 2.05) is 19.9 Å². The Morgan fingerprint density at radius 1 is 1.25 bits per heavy atom. The topological polar surface area (TPSA) is 35.9 Å². The quantitative estimate of drug-likeness (QED) is 0.912. The number of hydrogen-bond donors (Lipinski definition) is 1. The van der Waals surface area contributed by atoms with Crippen molar-refractivity contribution < 1.29 is 14.2 Å². The second-order valence-electron chi connectivity index (χ2n) is 5.89. The van der Waals surface area contributed by atoms with E-state index in [0.29, 0.717) is 6.54 Å². The van der Waals surface area contributed by atoms with Crippen LogP contribution in [0, 0.1) is 5.82 Å². The Kier molecular flexibility index (Phi) is 4.50. The van der Waals surface area contributed by atoms with E-state index in [9.17, 15) is 9.50 Å². The van der Waals surface area contributed by atoms with Crippen LogP contribution in [0.15, 0.2) is 18.2 Å². The maximum absolute atomic E-state index is 13.7. The minimum absolute atomic E-state index is 0.273. The van der Waals surface area contributed by atoms with Gasteiger partial charge in [-0.2, -0.15) is 0 Å². The first-order chi connectivity index (χ1) is 9.39. The number of aliphatic hydroxyl groups is 1. The second kappa shape index (κ2) is 5.97. The molecule has 20 heavy (non-hydrogen) atoms. The standard InChI is InChI=1S/C15H23FN2O2/c1-15(2,19)11-17-6-8-18(9-7-17)12-4-5-14(20-3)13(16)10-12/h4-5,10,19H,6-9,11H2,1-3H3. The summed E-state index contributed by atoms with van der Waals surface area (Å²) in [5.41, 5.74) is 0.209. The van der Waals surface area contributed by atoms with E-state index < -0.39 is 5.60 Å². The minimum Gasteiger partial charge on any atom is -0.494 e. The van der Waals surface area contributed by atoms with E-state index in [4.69, 9.17) is 4.74 Å². The van der Waals surface area contributed by atoms with Crippen molar-refractivity contribution in [2.75, 3.05) is 44.7 Å². The first-order valence-corrected chi connectivity index (χ1v) is 6.92. The fraction of sp³-hybridized carbons (Fsp3) is 0.600. The first-order valence-electron chi connectivity index (χ1n) is 6.92. The largest absolute Gasteiger partial charge is 0.494 e. The maximum Gasteiger partial charge on any atom is 0.167 e. The zero-order valence-electron chi connectivity index (χ0n) is 12.4. The van der Waals surface area contributed by atoms with Gasteiger partial charge >= 0.3 is 0 Å². The molecule has 1 N–H and O–H groups in total. The molecule has 5 heteroatoms. The SMILES string of the molecule is COc1ccc(N2CCN(CC(C)(C)O)CC2)cc1F. The number of piperazine rings is 1. The van der Waals surface area contributed by atoms with Crippen LogP contribution in [0.4, 0.5) is 10.1 Å². The summed E-state index contributed by atoms with van der Waals surface area (Å²) in [6.07, 6.45) is 0. The van der Waals surface area contributed by atoms with Crippen LogP contribution in [0.3, 0.4) is 0 Å². The molecule has 1 saturated heterocycles. The van der Waals surface area contributed by atoms with E-state index in [1.54, 1.807) is 6.07 Å². The fourth-order valence-electron chi connectivity index (χ4n) is 2.56. The van der Waals surface area contributed by atoms with Gasteiger partial charge in [0, 0.05) is 44.5 Å².